The molecule has 2 rings (SSSR count). The summed E-state index contributed by atoms with van der Waals surface area (Å²) >= 11 is 0. The van der Waals surface area contributed by atoms with E-state index in [1.54, 1.807) is 24.3 Å². The van der Waals surface area contributed by atoms with Gasteiger partial charge in [0.2, 0.25) is 0 Å². The molecule has 0 amide bonds. The van der Waals surface area contributed by atoms with E-state index in [-0.39, 0.29) is 5.56 Å². The van der Waals surface area contributed by atoms with Gasteiger partial charge < -0.3 is 15.3 Å². The van der Waals surface area contributed by atoms with E-state index in [4.69, 9.17) is 15.3 Å². The van der Waals surface area contributed by atoms with E-state index < -0.39 is 12.3 Å². The van der Waals surface area contributed by atoms with E-state index in [2.05, 4.69) is 0 Å². The molecule has 82 valence electrons. The first kappa shape index (κ1) is 10.6. The predicted molar refractivity (Wildman–Crippen MR) is 58.1 cm³/mol. The molecule has 0 saturated carbocycles. The lowest BCUT2D eigenvalue weighted by Crippen LogP contribution is -1.98. The minimum atomic E-state index is -1.56. The number of aromatic carboxylic acids is 1. The number of benzene rings is 2. The van der Waals surface area contributed by atoms with Gasteiger partial charge in [-0.05, 0) is 22.9 Å². The van der Waals surface area contributed by atoms with Crippen LogP contribution in [0, 0.1) is 0 Å². The van der Waals surface area contributed by atoms with Crippen LogP contribution in [0.5, 0.6) is 0 Å². The van der Waals surface area contributed by atoms with Crippen molar-refractivity contribution in [2.75, 3.05) is 0 Å². The van der Waals surface area contributed by atoms with Gasteiger partial charge in [0.15, 0.2) is 6.29 Å². The third-order valence-electron chi connectivity index (χ3n) is 2.44. The Morgan fingerprint density at radius 1 is 1.12 bits per heavy atom. The van der Waals surface area contributed by atoms with Crippen LogP contribution >= 0.6 is 0 Å². The summed E-state index contributed by atoms with van der Waals surface area (Å²) in [6.45, 7) is 0. The Kier molecular flexibility index (Phi) is 2.60. The van der Waals surface area contributed by atoms with Gasteiger partial charge in [0.1, 0.15) is 0 Å². The largest absolute Gasteiger partial charge is 0.478 e. The average Bonchev–Trinajstić information content (AvgIpc) is 2.27. The summed E-state index contributed by atoms with van der Waals surface area (Å²) in [4.78, 5) is 10.8. The molecule has 0 unspecified atom stereocenters. The first-order valence-electron chi connectivity index (χ1n) is 4.71. The molecule has 0 aliphatic heterocycles. The minimum Gasteiger partial charge on any atom is -0.478 e. The van der Waals surface area contributed by atoms with Gasteiger partial charge in [-0.2, -0.15) is 0 Å². The Labute approximate surface area is 91.4 Å². The van der Waals surface area contributed by atoms with E-state index in [0.717, 1.165) is 0 Å². The van der Waals surface area contributed by atoms with Crippen molar-refractivity contribution in [1.29, 1.82) is 0 Å². The highest BCUT2D eigenvalue weighted by Gasteiger charge is 2.09. The van der Waals surface area contributed by atoms with Crippen molar-refractivity contribution < 1.29 is 20.1 Å². The molecule has 3 N–H and O–H groups in total. The summed E-state index contributed by atoms with van der Waals surface area (Å²) in [6, 6.07) is 9.50. The number of carboxylic acid groups (broad SMARTS) is 1. The van der Waals surface area contributed by atoms with Crippen LogP contribution in [0.15, 0.2) is 36.4 Å². The predicted octanol–water partition coefficient (Wildman–Crippen LogP) is 1.52. The van der Waals surface area contributed by atoms with Crippen molar-refractivity contribution in [2.45, 2.75) is 6.29 Å². The van der Waals surface area contributed by atoms with Crippen LogP contribution < -0.4 is 0 Å². The molecule has 0 atom stereocenters. The number of aliphatic hydroxyl groups excluding tert-OH is 1. The maximum atomic E-state index is 10.8. The standard InChI is InChI=1S/C12H10O4/c13-11(14)8-4-5-9-7(6-8)2-1-3-10(9)12(15)16/h1-6,12,15-16H,(H,13,14). The van der Waals surface area contributed by atoms with E-state index in [1.165, 1.54) is 12.1 Å². The molecule has 2 aromatic carbocycles. The first-order chi connectivity index (χ1) is 7.59. The van der Waals surface area contributed by atoms with Crippen LogP contribution in [0.1, 0.15) is 22.2 Å². The zero-order valence-corrected chi connectivity index (χ0v) is 8.29. The SMILES string of the molecule is O=C(O)c1ccc2c(C(O)O)cccc2c1. The highest BCUT2D eigenvalue weighted by molar-refractivity contribution is 5.95. The van der Waals surface area contributed by atoms with E-state index in [1.807, 2.05) is 0 Å². The number of fused-ring (bicyclic) bond motifs is 1. The molecular weight excluding hydrogens is 208 g/mol. The fourth-order valence-electron chi connectivity index (χ4n) is 1.67. The Bertz CT molecular complexity index is 546. The van der Waals surface area contributed by atoms with E-state index >= 15 is 0 Å². The molecular formula is C12H10O4. The summed E-state index contributed by atoms with van der Waals surface area (Å²) in [6.07, 6.45) is -1.56. The lowest BCUT2D eigenvalue weighted by atomic mass is 10.0. The van der Waals surface area contributed by atoms with Crippen LogP contribution in [0.3, 0.4) is 0 Å². The van der Waals surface area contributed by atoms with Gasteiger partial charge in [-0.25, -0.2) is 4.79 Å². The third-order valence-corrected chi connectivity index (χ3v) is 2.44. The number of hydrogen-bond acceptors (Lipinski definition) is 3. The second kappa shape index (κ2) is 3.92. The molecule has 0 bridgehead atoms. The number of carbonyl (C=O) groups is 1. The van der Waals surface area contributed by atoms with Crippen molar-refractivity contribution in [3.8, 4) is 0 Å². The molecule has 4 nitrogen and oxygen atoms in total. The number of hydrogen-bond donors (Lipinski definition) is 3. The smallest absolute Gasteiger partial charge is 0.335 e. The molecule has 2 aromatic rings. The minimum absolute atomic E-state index is 0.178. The van der Waals surface area contributed by atoms with Crippen molar-refractivity contribution >= 4 is 16.7 Å². The molecule has 0 heterocycles. The Hall–Kier alpha value is -1.91. The topological polar surface area (TPSA) is 77.8 Å². The average molecular weight is 218 g/mol. The normalized spacial score (nSPS) is 10.9. The van der Waals surface area contributed by atoms with Crippen LogP contribution in [0.2, 0.25) is 0 Å². The van der Waals surface area contributed by atoms with Gasteiger partial charge >= 0.3 is 5.97 Å². The summed E-state index contributed by atoms with van der Waals surface area (Å²) in [5.74, 6) is -1.00. The van der Waals surface area contributed by atoms with Gasteiger partial charge in [0.05, 0.1) is 5.56 Å². The molecule has 0 fully saturated rings. The molecule has 0 spiro atoms. The highest BCUT2D eigenvalue weighted by Crippen LogP contribution is 2.24. The number of rotatable bonds is 2. The summed E-state index contributed by atoms with van der Waals surface area (Å²) in [5, 5.41) is 28.4. The van der Waals surface area contributed by atoms with Crippen LogP contribution in [-0.4, -0.2) is 21.3 Å². The fraction of sp³-hybridized carbons (Fsp3) is 0.0833. The molecule has 16 heavy (non-hydrogen) atoms. The Balaban J connectivity index is 2.68. The van der Waals surface area contributed by atoms with Crippen molar-refractivity contribution in [1.82, 2.24) is 0 Å². The Morgan fingerprint density at radius 2 is 1.88 bits per heavy atom. The molecule has 0 aliphatic rings. The third kappa shape index (κ3) is 1.76. The monoisotopic (exact) mass is 218 g/mol. The Morgan fingerprint density at radius 3 is 2.50 bits per heavy atom. The van der Waals surface area contributed by atoms with Gasteiger partial charge in [0.25, 0.3) is 0 Å². The maximum Gasteiger partial charge on any atom is 0.335 e. The van der Waals surface area contributed by atoms with Crippen molar-refractivity contribution in [3.63, 3.8) is 0 Å². The zero-order valence-electron chi connectivity index (χ0n) is 8.29. The first-order valence-corrected chi connectivity index (χ1v) is 4.71. The van der Waals surface area contributed by atoms with E-state index in [9.17, 15) is 4.79 Å². The second-order valence-electron chi connectivity index (χ2n) is 3.46. The van der Waals surface area contributed by atoms with Gasteiger partial charge in [-0.15, -0.1) is 0 Å². The van der Waals surface area contributed by atoms with Gasteiger partial charge in [-0.3, -0.25) is 0 Å². The van der Waals surface area contributed by atoms with Crippen molar-refractivity contribution in [3.05, 3.63) is 47.5 Å². The second-order valence-corrected chi connectivity index (χ2v) is 3.46. The zero-order chi connectivity index (χ0) is 11.7. The van der Waals surface area contributed by atoms with Crippen molar-refractivity contribution in [2.24, 2.45) is 0 Å². The van der Waals surface area contributed by atoms with Crippen LogP contribution in [0.4, 0.5) is 0 Å². The number of aliphatic hydroxyl groups is 2. The van der Waals surface area contributed by atoms with E-state index in [0.29, 0.717) is 16.3 Å². The fourth-order valence-corrected chi connectivity index (χ4v) is 1.67. The van der Waals surface area contributed by atoms with Gasteiger partial charge in [0, 0.05) is 5.56 Å². The maximum absolute atomic E-state index is 10.8. The molecule has 4 heteroatoms. The lowest BCUT2D eigenvalue weighted by molar-refractivity contribution is -0.0413. The summed E-state index contributed by atoms with van der Waals surface area (Å²) < 4.78 is 0. The summed E-state index contributed by atoms with van der Waals surface area (Å²) in [5.41, 5.74) is 0.548. The van der Waals surface area contributed by atoms with Crippen LogP contribution in [-0.2, 0) is 0 Å². The molecule has 0 aliphatic carbocycles. The molecule has 0 aromatic heterocycles. The van der Waals surface area contributed by atoms with Crippen LogP contribution in [0.25, 0.3) is 10.8 Å². The quantitative estimate of drug-likeness (QED) is 0.668. The van der Waals surface area contributed by atoms with Gasteiger partial charge in [-0.1, -0.05) is 24.3 Å². The molecule has 0 saturated heterocycles. The lowest BCUT2D eigenvalue weighted by Gasteiger charge is -2.08. The number of carboxylic acids is 1. The molecule has 0 radical (unpaired) electrons. The highest BCUT2D eigenvalue weighted by atomic mass is 16.5. The summed E-state index contributed by atoms with van der Waals surface area (Å²) in [7, 11) is 0.